The van der Waals surface area contributed by atoms with Gasteiger partial charge in [-0.1, -0.05) is 36.8 Å². The molecule has 3 unspecified atom stereocenters. The van der Waals surface area contributed by atoms with E-state index in [1.54, 1.807) is 0 Å². The first-order chi connectivity index (χ1) is 9.68. The summed E-state index contributed by atoms with van der Waals surface area (Å²) in [5.74, 6) is 0.426. The van der Waals surface area contributed by atoms with Gasteiger partial charge in [-0.25, -0.2) is 0 Å². The van der Waals surface area contributed by atoms with E-state index >= 15 is 0 Å². The normalized spacial score (nSPS) is 23.5. The van der Waals surface area contributed by atoms with Crippen LogP contribution < -0.4 is 5.32 Å². The largest absolute Gasteiger partial charge is 0.393 e. The third-order valence-corrected chi connectivity index (χ3v) is 4.36. The first kappa shape index (κ1) is 15.0. The first-order valence-electron chi connectivity index (χ1n) is 7.69. The Morgan fingerprint density at radius 2 is 2.10 bits per heavy atom. The average molecular weight is 275 g/mol. The third-order valence-electron chi connectivity index (χ3n) is 4.36. The lowest BCUT2D eigenvalue weighted by molar-refractivity contribution is -0.122. The lowest BCUT2D eigenvalue weighted by Gasteiger charge is -2.15. The van der Waals surface area contributed by atoms with Crippen LogP contribution in [-0.2, 0) is 4.79 Å². The number of rotatable bonds is 6. The van der Waals surface area contributed by atoms with Gasteiger partial charge in [0.2, 0.25) is 5.91 Å². The van der Waals surface area contributed by atoms with Crippen LogP contribution >= 0.6 is 0 Å². The van der Waals surface area contributed by atoms with Crippen LogP contribution in [0.5, 0.6) is 0 Å². The summed E-state index contributed by atoms with van der Waals surface area (Å²) in [7, 11) is 0. The molecule has 3 atom stereocenters. The third kappa shape index (κ3) is 4.07. The Kier molecular flexibility index (Phi) is 5.60. The molecule has 1 aromatic rings. The van der Waals surface area contributed by atoms with Crippen LogP contribution in [0, 0.1) is 5.92 Å². The van der Waals surface area contributed by atoms with Gasteiger partial charge in [0.15, 0.2) is 0 Å². The molecular weight excluding hydrogens is 250 g/mol. The van der Waals surface area contributed by atoms with Crippen LogP contribution in [-0.4, -0.2) is 23.7 Å². The quantitative estimate of drug-likeness (QED) is 0.784. The van der Waals surface area contributed by atoms with Gasteiger partial charge in [-0.2, -0.15) is 0 Å². The Labute approximate surface area is 121 Å². The standard InChI is InChI=1S/C17H25NO2/c1-13(14-7-3-2-4-8-14)17(20)18-12-6-10-15-9-5-11-16(15)19/h2-4,7-8,13,15-16,19H,5-6,9-12H2,1H3,(H,18,20). The highest BCUT2D eigenvalue weighted by atomic mass is 16.3. The molecule has 0 radical (unpaired) electrons. The van der Waals surface area contributed by atoms with E-state index in [1.807, 2.05) is 37.3 Å². The summed E-state index contributed by atoms with van der Waals surface area (Å²) in [6.45, 7) is 2.64. The number of benzene rings is 1. The molecule has 3 nitrogen and oxygen atoms in total. The predicted octanol–water partition coefficient (Wildman–Crippen LogP) is 2.85. The zero-order valence-electron chi connectivity index (χ0n) is 12.2. The lowest BCUT2D eigenvalue weighted by atomic mass is 9.99. The topological polar surface area (TPSA) is 49.3 Å². The van der Waals surface area contributed by atoms with Gasteiger partial charge in [0.05, 0.1) is 12.0 Å². The molecule has 110 valence electrons. The highest BCUT2D eigenvalue weighted by molar-refractivity contribution is 5.83. The molecule has 20 heavy (non-hydrogen) atoms. The van der Waals surface area contributed by atoms with E-state index in [0.717, 1.165) is 37.7 Å². The number of hydrogen-bond donors (Lipinski definition) is 2. The van der Waals surface area contributed by atoms with Crippen molar-refractivity contribution in [1.82, 2.24) is 5.32 Å². The lowest BCUT2D eigenvalue weighted by Crippen LogP contribution is -2.29. The number of hydrogen-bond acceptors (Lipinski definition) is 2. The molecule has 0 saturated heterocycles. The molecule has 3 heteroatoms. The molecule has 2 N–H and O–H groups in total. The second kappa shape index (κ2) is 7.44. The molecule has 2 rings (SSSR count). The SMILES string of the molecule is CC(C(=O)NCCCC1CCCC1O)c1ccccc1. The Bertz CT molecular complexity index is 418. The van der Waals surface area contributed by atoms with Gasteiger partial charge in [-0.3, -0.25) is 4.79 Å². The van der Waals surface area contributed by atoms with Crippen molar-refractivity contribution in [1.29, 1.82) is 0 Å². The first-order valence-corrected chi connectivity index (χ1v) is 7.69. The molecule has 1 fully saturated rings. The van der Waals surface area contributed by atoms with Crippen LogP contribution in [0.15, 0.2) is 30.3 Å². The zero-order valence-corrected chi connectivity index (χ0v) is 12.2. The molecule has 1 amide bonds. The maximum absolute atomic E-state index is 12.0. The van der Waals surface area contributed by atoms with Crippen molar-refractivity contribution in [3.63, 3.8) is 0 Å². The summed E-state index contributed by atoms with van der Waals surface area (Å²) < 4.78 is 0. The summed E-state index contributed by atoms with van der Waals surface area (Å²) in [5, 5.41) is 12.7. The van der Waals surface area contributed by atoms with Crippen molar-refractivity contribution in [2.45, 2.75) is 51.0 Å². The molecule has 1 aromatic carbocycles. The van der Waals surface area contributed by atoms with E-state index in [-0.39, 0.29) is 17.9 Å². The molecule has 0 spiro atoms. The highest BCUT2D eigenvalue weighted by Gasteiger charge is 2.24. The van der Waals surface area contributed by atoms with E-state index < -0.39 is 0 Å². The molecule has 0 heterocycles. The summed E-state index contributed by atoms with van der Waals surface area (Å²) in [6.07, 6.45) is 5.07. The predicted molar refractivity (Wildman–Crippen MR) is 80.4 cm³/mol. The fourth-order valence-electron chi connectivity index (χ4n) is 2.98. The van der Waals surface area contributed by atoms with Gasteiger partial charge < -0.3 is 10.4 Å². The molecule has 0 aliphatic heterocycles. The van der Waals surface area contributed by atoms with Crippen molar-refractivity contribution in [3.8, 4) is 0 Å². The smallest absolute Gasteiger partial charge is 0.227 e. The number of amides is 1. The van der Waals surface area contributed by atoms with Gasteiger partial charge >= 0.3 is 0 Å². The zero-order chi connectivity index (χ0) is 14.4. The molecule has 0 bridgehead atoms. The fourth-order valence-corrected chi connectivity index (χ4v) is 2.98. The van der Waals surface area contributed by atoms with Gasteiger partial charge in [0.25, 0.3) is 0 Å². The summed E-state index contributed by atoms with van der Waals surface area (Å²) >= 11 is 0. The van der Waals surface area contributed by atoms with Crippen LogP contribution in [0.25, 0.3) is 0 Å². The van der Waals surface area contributed by atoms with Crippen molar-refractivity contribution in [2.24, 2.45) is 5.92 Å². The molecular formula is C17H25NO2. The van der Waals surface area contributed by atoms with Crippen LogP contribution in [0.2, 0.25) is 0 Å². The number of carbonyl (C=O) groups excluding carboxylic acids is 1. The van der Waals surface area contributed by atoms with Gasteiger partial charge in [-0.15, -0.1) is 0 Å². The minimum atomic E-state index is -0.117. The van der Waals surface area contributed by atoms with Crippen molar-refractivity contribution >= 4 is 5.91 Å². The Balaban J connectivity index is 1.67. The van der Waals surface area contributed by atoms with Crippen LogP contribution in [0.4, 0.5) is 0 Å². The number of carbonyl (C=O) groups is 1. The average Bonchev–Trinajstić information content (AvgIpc) is 2.89. The van der Waals surface area contributed by atoms with Crippen molar-refractivity contribution in [3.05, 3.63) is 35.9 Å². The summed E-state index contributed by atoms with van der Waals surface area (Å²) in [4.78, 5) is 12.0. The van der Waals surface area contributed by atoms with E-state index in [4.69, 9.17) is 0 Å². The molecule has 0 aromatic heterocycles. The Morgan fingerprint density at radius 1 is 1.35 bits per heavy atom. The maximum atomic E-state index is 12.0. The number of aliphatic hydroxyl groups is 1. The van der Waals surface area contributed by atoms with Crippen molar-refractivity contribution in [2.75, 3.05) is 6.54 Å². The highest BCUT2D eigenvalue weighted by Crippen LogP contribution is 2.28. The van der Waals surface area contributed by atoms with Gasteiger partial charge in [-0.05, 0) is 44.1 Å². The molecule has 1 aliphatic rings. The van der Waals surface area contributed by atoms with E-state index in [2.05, 4.69) is 5.32 Å². The van der Waals surface area contributed by atoms with E-state index in [0.29, 0.717) is 12.5 Å². The maximum Gasteiger partial charge on any atom is 0.227 e. The molecule has 1 saturated carbocycles. The Hall–Kier alpha value is -1.35. The van der Waals surface area contributed by atoms with E-state index in [1.165, 1.54) is 0 Å². The van der Waals surface area contributed by atoms with Crippen LogP contribution in [0.1, 0.15) is 50.5 Å². The monoisotopic (exact) mass is 275 g/mol. The minimum absolute atomic E-state index is 0.0863. The van der Waals surface area contributed by atoms with Gasteiger partial charge in [0, 0.05) is 6.54 Å². The van der Waals surface area contributed by atoms with Crippen LogP contribution in [0.3, 0.4) is 0 Å². The molecule has 1 aliphatic carbocycles. The summed E-state index contributed by atoms with van der Waals surface area (Å²) in [6, 6.07) is 9.85. The van der Waals surface area contributed by atoms with Gasteiger partial charge in [0.1, 0.15) is 0 Å². The second-order valence-electron chi connectivity index (χ2n) is 5.82. The number of nitrogens with one attached hydrogen (secondary N) is 1. The minimum Gasteiger partial charge on any atom is -0.393 e. The summed E-state index contributed by atoms with van der Waals surface area (Å²) in [5.41, 5.74) is 1.05. The number of aliphatic hydroxyl groups excluding tert-OH is 1. The fraction of sp³-hybridized carbons (Fsp3) is 0.588. The van der Waals surface area contributed by atoms with Crippen molar-refractivity contribution < 1.29 is 9.90 Å². The Morgan fingerprint density at radius 3 is 2.75 bits per heavy atom. The van der Waals surface area contributed by atoms with E-state index in [9.17, 15) is 9.90 Å². The second-order valence-corrected chi connectivity index (χ2v) is 5.82.